The van der Waals surface area contributed by atoms with Crippen LogP contribution in [0.25, 0.3) is 0 Å². The molecule has 1 aromatic carbocycles. The third kappa shape index (κ3) is 3.85. The Kier molecular flexibility index (Phi) is 4.90. The minimum absolute atomic E-state index is 0.0401. The lowest BCUT2D eigenvalue weighted by molar-refractivity contribution is 0.313. The molecule has 0 spiro atoms. The van der Waals surface area contributed by atoms with Crippen LogP contribution in [0, 0.1) is 0 Å². The normalized spacial score (nSPS) is 18.3. The molecule has 1 heterocycles. The Labute approximate surface area is 125 Å². The van der Waals surface area contributed by atoms with E-state index in [2.05, 4.69) is 9.62 Å². The maximum Gasteiger partial charge on any atom is 0.242 e. The molecule has 3 N–H and O–H groups in total. The number of benzene rings is 1. The fraction of sp³-hybridized carbons (Fsp3) is 0.538. The number of hydrogen-bond donors (Lipinski definition) is 2. The number of anilines is 1. The van der Waals surface area contributed by atoms with Crippen molar-refractivity contribution >= 4 is 27.3 Å². The van der Waals surface area contributed by atoms with Crippen molar-refractivity contribution in [2.45, 2.75) is 30.7 Å². The average Bonchev–Trinajstić information content (AvgIpc) is 2.84. The van der Waals surface area contributed by atoms with Gasteiger partial charge in [-0.2, -0.15) is 0 Å². The largest absolute Gasteiger partial charge is 0.398 e. The van der Waals surface area contributed by atoms with Crippen molar-refractivity contribution in [2.75, 3.05) is 25.4 Å². The van der Waals surface area contributed by atoms with Crippen LogP contribution in [0.2, 0.25) is 5.02 Å². The van der Waals surface area contributed by atoms with E-state index < -0.39 is 10.0 Å². The second-order valence-electron chi connectivity index (χ2n) is 5.21. The lowest BCUT2D eigenvalue weighted by Gasteiger charge is -2.21. The monoisotopic (exact) mass is 317 g/mol. The molecule has 0 aliphatic carbocycles. The van der Waals surface area contributed by atoms with Gasteiger partial charge in [-0.1, -0.05) is 11.6 Å². The minimum Gasteiger partial charge on any atom is -0.398 e. The number of halogens is 1. The quantitative estimate of drug-likeness (QED) is 0.810. The first-order chi connectivity index (χ1) is 9.38. The van der Waals surface area contributed by atoms with Crippen molar-refractivity contribution in [1.29, 1.82) is 0 Å². The first-order valence-electron chi connectivity index (χ1n) is 6.68. The number of likely N-dealkylation sites (tertiary alicyclic amines) is 1. The maximum absolute atomic E-state index is 12.3. The van der Waals surface area contributed by atoms with Crippen molar-refractivity contribution in [1.82, 2.24) is 9.62 Å². The lowest BCUT2D eigenvalue weighted by Crippen LogP contribution is -2.41. The van der Waals surface area contributed by atoms with E-state index in [4.69, 9.17) is 17.3 Å². The molecule has 7 heteroatoms. The molecule has 20 heavy (non-hydrogen) atoms. The predicted octanol–water partition coefficient (Wildman–Crippen LogP) is 1.68. The molecule has 1 fully saturated rings. The van der Waals surface area contributed by atoms with Gasteiger partial charge in [0.05, 0.1) is 5.69 Å². The van der Waals surface area contributed by atoms with Gasteiger partial charge < -0.3 is 10.6 Å². The van der Waals surface area contributed by atoms with Gasteiger partial charge in [-0.3, -0.25) is 0 Å². The number of rotatable bonds is 5. The molecule has 1 aliphatic heterocycles. The minimum atomic E-state index is -3.64. The maximum atomic E-state index is 12.3. The van der Waals surface area contributed by atoms with Gasteiger partial charge in [-0.15, -0.1) is 0 Å². The summed E-state index contributed by atoms with van der Waals surface area (Å²) in [6.45, 7) is 4.63. The summed E-state index contributed by atoms with van der Waals surface area (Å²) < 4.78 is 27.3. The van der Waals surface area contributed by atoms with Crippen LogP contribution in [0.1, 0.15) is 19.8 Å². The Morgan fingerprint density at radius 3 is 2.70 bits per heavy atom. The van der Waals surface area contributed by atoms with Crippen molar-refractivity contribution in [3.05, 3.63) is 23.2 Å². The molecular weight excluding hydrogens is 298 g/mol. The van der Waals surface area contributed by atoms with Crippen LogP contribution < -0.4 is 10.5 Å². The first kappa shape index (κ1) is 15.6. The summed E-state index contributed by atoms with van der Waals surface area (Å²) in [6.07, 6.45) is 2.36. The van der Waals surface area contributed by atoms with E-state index in [1.165, 1.54) is 25.0 Å². The highest BCUT2D eigenvalue weighted by Gasteiger charge is 2.22. The Bertz CT molecular complexity index is 571. The molecule has 0 saturated carbocycles. The van der Waals surface area contributed by atoms with Crippen LogP contribution in [0.4, 0.5) is 5.69 Å². The first-order valence-corrected chi connectivity index (χ1v) is 8.54. The van der Waals surface area contributed by atoms with Gasteiger partial charge in [0.15, 0.2) is 0 Å². The number of nitrogen functional groups attached to an aromatic ring is 1. The standard InChI is InChI=1S/C13H20ClN3O2S/c1-10(9-17-6-2-3-7-17)16-20(18,19)13-8-11(14)4-5-12(13)15/h4-5,8,10,16H,2-3,6-7,9,15H2,1H3. The molecule has 5 nitrogen and oxygen atoms in total. The highest BCUT2D eigenvalue weighted by Crippen LogP contribution is 2.22. The van der Waals surface area contributed by atoms with E-state index in [-0.39, 0.29) is 16.6 Å². The molecule has 0 amide bonds. The Morgan fingerprint density at radius 1 is 1.40 bits per heavy atom. The zero-order valence-corrected chi connectivity index (χ0v) is 13.0. The van der Waals surface area contributed by atoms with Gasteiger partial charge >= 0.3 is 0 Å². The molecule has 2 rings (SSSR count). The Hall–Kier alpha value is -0.820. The van der Waals surface area contributed by atoms with Crippen LogP contribution >= 0.6 is 11.6 Å². The summed E-state index contributed by atoms with van der Waals surface area (Å²) in [5.74, 6) is 0. The Balaban J connectivity index is 2.08. The van der Waals surface area contributed by atoms with Crippen molar-refractivity contribution < 1.29 is 8.42 Å². The van der Waals surface area contributed by atoms with Gasteiger partial charge in [0.25, 0.3) is 0 Å². The molecule has 1 saturated heterocycles. The molecule has 1 unspecified atom stereocenters. The summed E-state index contributed by atoms with van der Waals surface area (Å²) in [5.41, 5.74) is 5.93. The molecular formula is C13H20ClN3O2S. The van der Waals surface area contributed by atoms with E-state index in [0.717, 1.165) is 13.1 Å². The number of nitrogens with zero attached hydrogens (tertiary/aromatic N) is 1. The second-order valence-corrected chi connectivity index (χ2v) is 7.33. The Morgan fingerprint density at radius 2 is 2.05 bits per heavy atom. The summed E-state index contributed by atoms with van der Waals surface area (Å²) in [4.78, 5) is 2.30. The summed E-state index contributed by atoms with van der Waals surface area (Å²) in [7, 11) is -3.64. The fourth-order valence-corrected chi connectivity index (χ4v) is 4.09. The number of sulfonamides is 1. The number of nitrogens with two attached hydrogens (primary N) is 1. The van der Waals surface area contributed by atoms with E-state index >= 15 is 0 Å². The van der Waals surface area contributed by atoms with Gasteiger partial charge in [0.2, 0.25) is 10.0 Å². The lowest BCUT2D eigenvalue weighted by atomic mass is 10.3. The van der Waals surface area contributed by atoms with Crippen molar-refractivity contribution in [2.24, 2.45) is 0 Å². The van der Waals surface area contributed by atoms with Gasteiger partial charge in [0.1, 0.15) is 4.90 Å². The smallest absolute Gasteiger partial charge is 0.242 e. The van der Waals surface area contributed by atoms with Crippen molar-refractivity contribution in [3.63, 3.8) is 0 Å². The van der Waals surface area contributed by atoms with E-state index in [9.17, 15) is 8.42 Å². The molecule has 0 radical (unpaired) electrons. The van der Waals surface area contributed by atoms with Crippen molar-refractivity contribution in [3.8, 4) is 0 Å². The molecule has 1 atom stereocenters. The predicted molar refractivity (Wildman–Crippen MR) is 81.3 cm³/mol. The highest BCUT2D eigenvalue weighted by molar-refractivity contribution is 7.89. The molecule has 0 bridgehead atoms. The van der Waals surface area contributed by atoms with E-state index in [0.29, 0.717) is 11.6 Å². The third-order valence-electron chi connectivity index (χ3n) is 3.35. The molecule has 1 aliphatic rings. The zero-order chi connectivity index (χ0) is 14.8. The zero-order valence-electron chi connectivity index (χ0n) is 11.5. The highest BCUT2D eigenvalue weighted by atomic mass is 35.5. The van der Waals surface area contributed by atoms with Crippen LogP contribution in [0.5, 0.6) is 0 Å². The number of hydrogen-bond acceptors (Lipinski definition) is 4. The van der Waals surface area contributed by atoms with Crippen LogP contribution in [-0.2, 0) is 10.0 Å². The van der Waals surface area contributed by atoms with Gasteiger partial charge in [-0.05, 0) is 51.1 Å². The number of nitrogens with one attached hydrogen (secondary N) is 1. The SMILES string of the molecule is CC(CN1CCCC1)NS(=O)(=O)c1cc(Cl)ccc1N. The second kappa shape index (κ2) is 6.30. The average molecular weight is 318 g/mol. The summed E-state index contributed by atoms with van der Waals surface area (Å²) >= 11 is 5.84. The fourth-order valence-electron chi connectivity index (χ4n) is 2.46. The van der Waals surface area contributed by atoms with E-state index in [1.807, 2.05) is 6.92 Å². The third-order valence-corrected chi connectivity index (χ3v) is 5.23. The summed E-state index contributed by atoms with van der Waals surface area (Å²) in [5, 5.41) is 0.353. The molecule has 0 aromatic heterocycles. The summed E-state index contributed by atoms with van der Waals surface area (Å²) in [6, 6.07) is 4.28. The van der Waals surface area contributed by atoms with Crippen LogP contribution in [-0.4, -0.2) is 39.0 Å². The van der Waals surface area contributed by atoms with Gasteiger partial charge in [0, 0.05) is 17.6 Å². The topological polar surface area (TPSA) is 75.4 Å². The van der Waals surface area contributed by atoms with Gasteiger partial charge in [-0.25, -0.2) is 13.1 Å². The molecule has 1 aromatic rings. The van der Waals surface area contributed by atoms with Crippen LogP contribution in [0.3, 0.4) is 0 Å². The molecule has 112 valence electrons. The van der Waals surface area contributed by atoms with E-state index in [1.54, 1.807) is 6.07 Å². The van der Waals surface area contributed by atoms with Crippen LogP contribution in [0.15, 0.2) is 23.1 Å².